The normalized spacial score (nSPS) is 28.8. The fourth-order valence-electron chi connectivity index (χ4n) is 3.65. The predicted molar refractivity (Wildman–Crippen MR) is 85.6 cm³/mol. The Balaban J connectivity index is 1.50. The molecule has 0 bridgehead atoms. The Bertz CT molecular complexity index is 491. The summed E-state index contributed by atoms with van der Waals surface area (Å²) in [5, 5.41) is 0. The Morgan fingerprint density at radius 2 is 2.14 bits per heavy atom. The van der Waals surface area contributed by atoms with Gasteiger partial charge in [-0.2, -0.15) is 0 Å². The van der Waals surface area contributed by atoms with Crippen LogP contribution < -0.4 is 0 Å². The molecule has 120 valence electrons. The minimum absolute atomic E-state index is 0.291. The molecular weight excluding hydrogens is 276 g/mol. The van der Waals surface area contributed by atoms with Gasteiger partial charge in [0.2, 0.25) is 5.91 Å². The number of aromatic nitrogens is 1. The van der Waals surface area contributed by atoms with Crippen LogP contribution in [0, 0.1) is 0 Å². The van der Waals surface area contributed by atoms with Gasteiger partial charge in [0.15, 0.2) is 0 Å². The fourth-order valence-corrected chi connectivity index (χ4v) is 3.65. The van der Waals surface area contributed by atoms with Crippen molar-refractivity contribution in [3.05, 3.63) is 30.1 Å². The SMILES string of the molecule is CC1CCC(CCC(=O)N2CCCC(c3ccncc3)C2)O1. The number of hydrogen-bond donors (Lipinski definition) is 0. The number of likely N-dealkylation sites (tertiary alicyclic amines) is 1. The number of amides is 1. The molecule has 22 heavy (non-hydrogen) atoms. The van der Waals surface area contributed by atoms with Crippen molar-refractivity contribution in [1.29, 1.82) is 0 Å². The molecule has 0 spiro atoms. The van der Waals surface area contributed by atoms with Crippen LogP contribution in [0.3, 0.4) is 0 Å². The number of hydrogen-bond acceptors (Lipinski definition) is 3. The number of carbonyl (C=O) groups excluding carboxylic acids is 1. The predicted octanol–water partition coefficient (Wildman–Crippen LogP) is 3.14. The van der Waals surface area contributed by atoms with E-state index in [9.17, 15) is 4.79 Å². The maximum atomic E-state index is 12.5. The van der Waals surface area contributed by atoms with Crippen molar-refractivity contribution in [2.75, 3.05) is 13.1 Å². The highest BCUT2D eigenvalue weighted by Gasteiger charge is 2.27. The molecule has 3 unspecified atom stereocenters. The summed E-state index contributed by atoms with van der Waals surface area (Å²) >= 11 is 0. The molecule has 2 aliphatic rings. The molecular formula is C18H26N2O2. The van der Waals surface area contributed by atoms with Crippen molar-refractivity contribution in [3.63, 3.8) is 0 Å². The molecule has 0 saturated carbocycles. The van der Waals surface area contributed by atoms with Crippen molar-refractivity contribution >= 4 is 5.91 Å². The molecule has 2 aliphatic heterocycles. The average Bonchev–Trinajstić information content (AvgIpc) is 2.99. The van der Waals surface area contributed by atoms with Crippen LogP contribution in [0.4, 0.5) is 0 Å². The summed E-state index contributed by atoms with van der Waals surface area (Å²) < 4.78 is 5.81. The molecule has 1 aromatic heterocycles. The van der Waals surface area contributed by atoms with Crippen molar-refractivity contribution in [1.82, 2.24) is 9.88 Å². The second kappa shape index (κ2) is 7.23. The van der Waals surface area contributed by atoms with Crippen LogP contribution >= 0.6 is 0 Å². The summed E-state index contributed by atoms with van der Waals surface area (Å²) in [4.78, 5) is 18.6. The standard InChI is InChI=1S/C18H26N2O2/c1-14-4-5-17(22-14)6-7-18(21)20-12-2-3-16(13-20)15-8-10-19-11-9-15/h8-11,14,16-17H,2-7,12-13H2,1H3. The number of ether oxygens (including phenoxy) is 1. The zero-order valence-electron chi connectivity index (χ0n) is 13.4. The highest BCUT2D eigenvalue weighted by Crippen LogP contribution is 2.28. The van der Waals surface area contributed by atoms with Crippen molar-refractivity contribution in [3.8, 4) is 0 Å². The third kappa shape index (κ3) is 3.86. The van der Waals surface area contributed by atoms with E-state index in [-0.39, 0.29) is 0 Å². The number of carbonyl (C=O) groups is 1. The lowest BCUT2D eigenvalue weighted by Gasteiger charge is -2.33. The minimum atomic E-state index is 0.291. The molecule has 1 amide bonds. The Morgan fingerprint density at radius 1 is 1.32 bits per heavy atom. The zero-order valence-corrected chi connectivity index (χ0v) is 13.4. The monoisotopic (exact) mass is 302 g/mol. The number of nitrogens with zero attached hydrogens (tertiary/aromatic N) is 2. The van der Waals surface area contributed by atoms with Gasteiger partial charge in [0.05, 0.1) is 12.2 Å². The van der Waals surface area contributed by atoms with Gasteiger partial charge in [-0.3, -0.25) is 9.78 Å². The summed E-state index contributed by atoms with van der Waals surface area (Å²) in [6, 6.07) is 4.15. The Labute approximate surface area is 132 Å². The van der Waals surface area contributed by atoms with E-state index < -0.39 is 0 Å². The Hall–Kier alpha value is -1.42. The van der Waals surface area contributed by atoms with Gasteiger partial charge >= 0.3 is 0 Å². The van der Waals surface area contributed by atoms with Crippen LogP contribution in [0.25, 0.3) is 0 Å². The first-order valence-corrected chi connectivity index (χ1v) is 8.55. The summed E-state index contributed by atoms with van der Waals surface area (Å²) in [6.07, 6.45) is 10.3. The maximum Gasteiger partial charge on any atom is 0.222 e. The number of piperidine rings is 1. The maximum absolute atomic E-state index is 12.5. The Kier molecular flexibility index (Phi) is 5.08. The molecule has 1 aromatic rings. The zero-order chi connectivity index (χ0) is 15.4. The van der Waals surface area contributed by atoms with Gasteiger partial charge < -0.3 is 9.64 Å². The fraction of sp³-hybridized carbons (Fsp3) is 0.667. The third-order valence-corrected chi connectivity index (χ3v) is 4.95. The highest BCUT2D eigenvalue weighted by molar-refractivity contribution is 5.76. The van der Waals surface area contributed by atoms with E-state index in [0.717, 1.165) is 45.2 Å². The number of rotatable bonds is 4. The molecule has 0 aromatic carbocycles. The van der Waals surface area contributed by atoms with Gasteiger partial charge in [0, 0.05) is 37.8 Å². The van der Waals surface area contributed by atoms with E-state index in [0.29, 0.717) is 30.5 Å². The van der Waals surface area contributed by atoms with Crippen LogP contribution in [0.5, 0.6) is 0 Å². The van der Waals surface area contributed by atoms with Gasteiger partial charge in [0.25, 0.3) is 0 Å². The summed E-state index contributed by atoms with van der Waals surface area (Å²) in [5.74, 6) is 0.755. The first-order valence-electron chi connectivity index (χ1n) is 8.55. The van der Waals surface area contributed by atoms with Gasteiger partial charge in [-0.15, -0.1) is 0 Å². The molecule has 3 heterocycles. The van der Waals surface area contributed by atoms with E-state index in [4.69, 9.17) is 4.74 Å². The van der Waals surface area contributed by atoms with Crippen LogP contribution in [0.15, 0.2) is 24.5 Å². The lowest BCUT2D eigenvalue weighted by atomic mass is 9.91. The van der Waals surface area contributed by atoms with E-state index in [1.807, 2.05) is 17.3 Å². The second-order valence-corrected chi connectivity index (χ2v) is 6.64. The van der Waals surface area contributed by atoms with Crippen LogP contribution in [0.1, 0.15) is 56.9 Å². The van der Waals surface area contributed by atoms with E-state index in [1.54, 1.807) is 0 Å². The molecule has 0 N–H and O–H groups in total. The van der Waals surface area contributed by atoms with E-state index in [1.165, 1.54) is 5.56 Å². The summed E-state index contributed by atoms with van der Waals surface area (Å²) in [7, 11) is 0. The summed E-state index contributed by atoms with van der Waals surface area (Å²) in [5.41, 5.74) is 1.31. The molecule has 2 saturated heterocycles. The van der Waals surface area contributed by atoms with E-state index in [2.05, 4.69) is 24.0 Å². The smallest absolute Gasteiger partial charge is 0.222 e. The van der Waals surface area contributed by atoms with E-state index >= 15 is 0 Å². The molecule has 2 fully saturated rings. The largest absolute Gasteiger partial charge is 0.375 e. The van der Waals surface area contributed by atoms with Crippen molar-refractivity contribution < 1.29 is 9.53 Å². The van der Waals surface area contributed by atoms with Crippen molar-refractivity contribution in [2.24, 2.45) is 0 Å². The van der Waals surface area contributed by atoms with Gasteiger partial charge in [-0.05, 0) is 56.7 Å². The third-order valence-electron chi connectivity index (χ3n) is 4.95. The summed E-state index contributed by atoms with van der Waals surface area (Å²) in [6.45, 7) is 3.87. The molecule has 4 nitrogen and oxygen atoms in total. The molecule has 0 radical (unpaired) electrons. The van der Waals surface area contributed by atoms with Crippen molar-refractivity contribution in [2.45, 2.75) is 63.6 Å². The first-order chi connectivity index (χ1) is 10.7. The van der Waals surface area contributed by atoms with Gasteiger partial charge in [0.1, 0.15) is 0 Å². The van der Waals surface area contributed by atoms with Crippen LogP contribution in [0.2, 0.25) is 0 Å². The topological polar surface area (TPSA) is 42.4 Å². The van der Waals surface area contributed by atoms with Crippen LogP contribution in [-0.2, 0) is 9.53 Å². The first kappa shape index (κ1) is 15.5. The van der Waals surface area contributed by atoms with Gasteiger partial charge in [-0.1, -0.05) is 0 Å². The quantitative estimate of drug-likeness (QED) is 0.858. The lowest BCUT2D eigenvalue weighted by molar-refractivity contribution is -0.133. The van der Waals surface area contributed by atoms with Crippen LogP contribution in [-0.4, -0.2) is 41.1 Å². The van der Waals surface area contributed by atoms with Gasteiger partial charge in [-0.25, -0.2) is 0 Å². The lowest BCUT2D eigenvalue weighted by Crippen LogP contribution is -2.39. The average molecular weight is 302 g/mol. The minimum Gasteiger partial charge on any atom is -0.375 e. The Morgan fingerprint density at radius 3 is 2.86 bits per heavy atom. The molecule has 0 aliphatic carbocycles. The highest BCUT2D eigenvalue weighted by atomic mass is 16.5. The number of pyridine rings is 1. The molecule has 3 atom stereocenters. The second-order valence-electron chi connectivity index (χ2n) is 6.64. The molecule has 3 rings (SSSR count). The molecule has 4 heteroatoms.